The number of esters is 1. The molecule has 206 valence electrons. The largest absolute Gasteiger partial charge is 0.462 e. The molecule has 0 radical (unpaired) electrons. The second-order valence-corrected chi connectivity index (χ2v) is 14.8. The van der Waals surface area contributed by atoms with E-state index in [-0.39, 0.29) is 39.8 Å². The van der Waals surface area contributed by atoms with E-state index in [1.54, 1.807) is 5.57 Å². The van der Waals surface area contributed by atoms with Crippen molar-refractivity contribution in [3.63, 3.8) is 0 Å². The molecule has 2 fully saturated rings. The van der Waals surface area contributed by atoms with Crippen molar-refractivity contribution in [3.05, 3.63) is 11.1 Å². The lowest BCUT2D eigenvalue weighted by atomic mass is 9.42. The maximum Gasteiger partial charge on any atom is 0.302 e. The van der Waals surface area contributed by atoms with Gasteiger partial charge in [-0.3, -0.25) is 10.1 Å². The molecule has 0 unspecified atom stereocenters. The van der Waals surface area contributed by atoms with Crippen LogP contribution in [0.4, 0.5) is 0 Å². The van der Waals surface area contributed by atoms with Gasteiger partial charge in [-0.15, -0.1) is 0 Å². The van der Waals surface area contributed by atoms with Gasteiger partial charge in [-0.2, -0.15) is 0 Å². The zero-order chi connectivity index (χ0) is 26.7. The first-order valence-electron chi connectivity index (χ1n) is 14.9. The molecule has 0 spiro atoms. The van der Waals surface area contributed by atoms with Crippen molar-refractivity contribution in [2.24, 2.45) is 45.3 Å². The van der Waals surface area contributed by atoms with Crippen LogP contribution in [0.2, 0.25) is 0 Å². The first-order valence-corrected chi connectivity index (χ1v) is 14.9. The van der Waals surface area contributed by atoms with E-state index in [0.717, 1.165) is 43.4 Å². The summed E-state index contributed by atoms with van der Waals surface area (Å²) in [4.78, 5) is 17.3. The second kappa shape index (κ2) is 9.70. The number of hydrogen-bond donors (Lipinski definition) is 1. The highest BCUT2D eigenvalue weighted by Gasteiger charge is 2.65. The summed E-state index contributed by atoms with van der Waals surface area (Å²) in [6.45, 7) is 20.8. The van der Waals surface area contributed by atoms with Gasteiger partial charge < -0.3 is 4.74 Å². The highest BCUT2D eigenvalue weighted by atomic mass is 17.1. The first-order chi connectivity index (χ1) is 16.7. The Morgan fingerprint density at radius 2 is 1.72 bits per heavy atom. The summed E-state index contributed by atoms with van der Waals surface area (Å²) in [5, 5.41) is 10.3. The Labute approximate surface area is 220 Å². The fourth-order valence-electron chi connectivity index (χ4n) is 10.1. The molecule has 4 heteroatoms. The molecular formula is C32H54O4. The van der Waals surface area contributed by atoms with E-state index in [1.165, 1.54) is 51.0 Å². The van der Waals surface area contributed by atoms with Gasteiger partial charge in [0, 0.05) is 12.3 Å². The van der Waals surface area contributed by atoms with Gasteiger partial charge >= 0.3 is 5.97 Å². The number of rotatable bonds is 7. The Morgan fingerprint density at radius 3 is 2.33 bits per heavy atom. The van der Waals surface area contributed by atoms with Crippen LogP contribution in [0.25, 0.3) is 0 Å². The topological polar surface area (TPSA) is 55.8 Å². The number of carbonyl (C=O) groups is 1. The van der Waals surface area contributed by atoms with E-state index < -0.39 is 0 Å². The van der Waals surface area contributed by atoms with E-state index in [9.17, 15) is 10.1 Å². The molecular weight excluding hydrogens is 448 g/mol. The molecule has 4 aliphatic rings. The number of hydrogen-bond acceptors (Lipinski definition) is 4. The molecule has 4 rings (SSSR count). The monoisotopic (exact) mass is 502 g/mol. The Kier molecular flexibility index (Phi) is 7.59. The summed E-state index contributed by atoms with van der Waals surface area (Å²) in [6.07, 6.45) is 11.2. The number of ether oxygens (including phenoxy) is 1. The molecule has 4 aliphatic carbocycles. The second-order valence-electron chi connectivity index (χ2n) is 14.8. The molecule has 2 saturated carbocycles. The van der Waals surface area contributed by atoms with Crippen molar-refractivity contribution in [3.8, 4) is 0 Å². The van der Waals surface area contributed by atoms with Crippen LogP contribution in [0.3, 0.4) is 0 Å². The highest BCUT2D eigenvalue weighted by Crippen LogP contribution is 2.72. The maximum absolute atomic E-state index is 11.9. The molecule has 1 N–H and O–H groups in total. The van der Waals surface area contributed by atoms with Gasteiger partial charge in [0.25, 0.3) is 0 Å². The average Bonchev–Trinajstić information content (AvgIpc) is 3.06. The Balaban J connectivity index is 1.69. The van der Waals surface area contributed by atoms with E-state index in [0.29, 0.717) is 5.92 Å². The van der Waals surface area contributed by atoms with Gasteiger partial charge in [0.05, 0.1) is 0 Å². The van der Waals surface area contributed by atoms with Crippen LogP contribution in [0, 0.1) is 45.3 Å². The first kappa shape index (κ1) is 28.1. The molecule has 8 atom stereocenters. The van der Waals surface area contributed by atoms with Crippen LogP contribution in [-0.2, 0) is 14.4 Å². The molecule has 0 bridgehead atoms. The van der Waals surface area contributed by atoms with Crippen molar-refractivity contribution in [1.82, 2.24) is 0 Å². The molecule has 36 heavy (non-hydrogen) atoms. The van der Waals surface area contributed by atoms with Crippen molar-refractivity contribution in [2.75, 3.05) is 0 Å². The Hall–Kier alpha value is -0.870. The number of allylic oxidation sites excluding steroid dienone is 1. The zero-order valence-electron chi connectivity index (χ0n) is 24.7. The predicted molar refractivity (Wildman–Crippen MR) is 145 cm³/mol. The lowest BCUT2D eigenvalue weighted by Gasteiger charge is -2.63. The van der Waals surface area contributed by atoms with Crippen LogP contribution >= 0.6 is 0 Å². The Bertz CT molecular complexity index is 873. The van der Waals surface area contributed by atoms with Gasteiger partial charge in [0.2, 0.25) is 0 Å². The van der Waals surface area contributed by atoms with Crippen LogP contribution < -0.4 is 0 Å². The van der Waals surface area contributed by atoms with E-state index in [2.05, 4.69) is 55.4 Å². The van der Waals surface area contributed by atoms with Crippen LogP contribution in [0.1, 0.15) is 127 Å². The minimum atomic E-state index is -0.256. The lowest BCUT2D eigenvalue weighted by molar-refractivity contribution is -0.286. The van der Waals surface area contributed by atoms with Crippen LogP contribution in [-0.4, -0.2) is 23.4 Å². The summed E-state index contributed by atoms with van der Waals surface area (Å²) >= 11 is 0. The van der Waals surface area contributed by atoms with Crippen molar-refractivity contribution in [1.29, 1.82) is 0 Å². The zero-order valence-corrected chi connectivity index (χ0v) is 24.7. The fraction of sp³-hybridized carbons (Fsp3) is 0.906. The smallest absolute Gasteiger partial charge is 0.302 e. The number of fused-ring (bicyclic) bond motifs is 4. The molecule has 0 heterocycles. The summed E-state index contributed by atoms with van der Waals surface area (Å²) < 4.78 is 5.84. The third-order valence-corrected chi connectivity index (χ3v) is 12.3. The Morgan fingerprint density at radius 1 is 1.03 bits per heavy atom. The third-order valence-electron chi connectivity index (χ3n) is 12.3. The summed E-state index contributed by atoms with van der Waals surface area (Å²) in [5.41, 5.74) is 3.22. The summed E-state index contributed by atoms with van der Waals surface area (Å²) in [6, 6.07) is 0. The SMILES string of the molecule is CC(=O)O[C@H]1CC[C@]2(C)C3=C([C@@H](OO)C[C@H]2C1(C)C)[C@]1(C)CC[C@H]([C@H](C)CCCC(C)C)[C@@]1(C)CC3. The van der Waals surface area contributed by atoms with Gasteiger partial charge in [-0.1, -0.05) is 80.2 Å². The molecule has 0 aromatic rings. The molecule has 4 nitrogen and oxygen atoms in total. The third kappa shape index (κ3) is 4.21. The van der Waals surface area contributed by atoms with Crippen molar-refractivity contribution in [2.45, 2.75) is 139 Å². The fourth-order valence-corrected chi connectivity index (χ4v) is 10.1. The summed E-state index contributed by atoms with van der Waals surface area (Å²) in [5.74, 6) is 2.35. The molecule has 0 amide bonds. The quantitative estimate of drug-likeness (QED) is 0.164. The van der Waals surface area contributed by atoms with E-state index in [4.69, 9.17) is 9.62 Å². The summed E-state index contributed by atoms with van der Waals surface area (Å²) in [7, 11) is 0. The van der Waals surface area contributed by atoms with Crippen LogP contribution in [0.5, 0.6) is 0 Å². The normalized spacial score (nSPS) is 42.5. The minimum Gasteiger partial charge on any atom is -0.462 e. The maximum atomic E-state index is 11.9. The van der Waals surface area contributed by atoms with E-state index >= 15 is 0 Å². The van der Waals surface area contributed by atoms with Crippen molar-refractivity contribution < 1.29 is 19.7 Å². The predicted octanol–water partition coefficient (Wildman–Crippen LogP) is 8.60. The average molecular weight is 503 g/mol. The van der Waals surface area contributed by atoms with Crippen LogP contribution in [0.15, 0.2) is 11.1 Å². The molecule has 0 saturated heterocycles. The van der Waals surface area contributed by atoms with E-state index in [1.807, 2.05) is 0 Å². The lowest BCUT2D eigenvalue weighted by Crippen LogP contribution is -2.58. The number of carbonyl (C=O) groups excluding carboxylic acids is 1. The minimum absolute atomic E-state index is 0.0653. The van der Waals surface area contributed by atoms with Crippen molar-refractivity contribution >= 4 is 5.97 Å². The molecule has 0 aromatic carbocycles. The van der Waals surface area contributed by atoms with Gasteiger partial charge in [-0.05, 0) is 90.4 Å². The molecule has 0 aliphatic heterocycles. The standard InChI is InChI=1S/C32H54O4/c1-20(2)11-10-12-21(3)23-13-18-32(9)28-24(14-17-31(23,32)8)30(7)16-15-27(35-22(4)33)29(5,6)26(30)19-25(28)36-34/h20-21,23,25-27,34H,10-19H2,1-9H3/t21-,23-,25+,26+,27+,30-,31-,32+/m1/s1. The van der Waals surface area contributed by atoms with Gasteiger partial charge in [0.15, 0.2) is 0 Å². The highest BCUT2D eigenvalue weighted by molar-refractivity contribution is 5.66. The molecule has 0 aromatic heterocycles. The van der Waals surface area contributed by atoms with Gasteiger partial charge in [-0.25, -0.2) is 4.89 Å². The van der Waals surface area contributed by atoms with Gasteiger partial charge in [0.1, 0.15) is 12.2 Å².